The van der Waals surface area contributed by atoms with Crippen LogP contribution in [0, 0.1) is 5.82 Å². The van der Waals surface area contributed by atoms with Crippen LogP contribution in [-0.4, -0.2) is 41.7 Å². The number of benzene rings is 2. The topological polar surface area (TPSA) is 96.0 Å². The van der Waals surface area contributed by atoms with Gasteiger partial charge in [0.15, 0.2) is 5.71 Å². The molecule has 0 aliphatic rings. The Hall–Kier alpha value is -3.75. The Morgan fingerprint density at radius 2 is 1.84 bits per heavy atom. The summed E-state index contributed by atoms with van der Waals surface area (Å²) in [6, 6.07) is 12.9. The minimum absolute atomic E-state index is 0.0440. The zero-order valence-electron chi connectivity index (χ0n) is 18.1. The van der Waals surface area contributed by atoms with Crippen molar-refractivity contribution in [3.63, 3.8) is 0 Å². The van der Waals surface area contributed by atoms with Gasteiger partial charge in [0, 0.05) is 11.1 Å². The fraction of sp³-hybridized carbons (Fsp3) is 0.304. The lowest BCUT2D eigenvalue weighted by Gasteiger charge is -2.16. The van der Waals surface area contributed by atoms with Crippen LogP contribution in [0.15, 0.2) is 58.1 Å². The minimum atomic E-state index is -0.507. The molecule has 3 aromatic rings. The number of hydrogen-bond donors (Lipinski definition) is 0. The Balaban J connectivity index is 1.80. The largest absolute Gasteiger partial charge is 0.487 e. The second-order valence-electron chi connectivity index (χ2n) is 6.68. The Labute approximate surface area is 185 Å². The van der Waals surface area contributed by atoms with E-state index < -0.39 is 5.92 Å². The van der Waals surface area contributed by atoms with Gasteiger partial charge in [-0.2, -0.15) is 0 Å². The zero-order valence-corrected chi connectivity index (χ0v) is 18.1. The Kier molecular flexibility index (Phi) is 7.91. The van der Waals surface area contributed by atoms with Crippen LogP contribution in [0.2, 0.25) is 0 Å². The number of carbonyl (C=O) groups is 1. The summed E-state index contributed by atoms with van der Waals surface area (Å²) in [7, 11) is 0. The summed E-state index contributed by atoms with van der Waals surface area (Å²) < 4.78 is 29.9. The van der Waals surface area contributed by atoms with Gasteiger partial charge in [-0.25, -0.2) is 4.39 Å². The smallest absolute Gasteiger partial charge is 0.313 e. The SMILES string of the molecule is CCON=C(COc1ccccc1C(C)C(=O)OCC)c1nnc(-c2ccc(F)cc2)o1. The number of ether oxygens (including phenoxy) is 2. The first-order valence-electron chi connectivity index (χ1n) is 10.2. The second kappa shape index (κ2) is 11.0. The van der Waals surface area contributed by atoms with Crippen LogP contribution in [-0.2, 0) is 14.4 Å². The lowest BCUT2D eigenvalue weighted by molar-refractivity contribution is -0.144. The fourth-order valence-electron chi connectivity index (χ4n) is 2.83. The average Bonchev–Trinajstić information content (AvgIpc) is 3.29. The predicted molar refractivity (Wildman–Crippen MR) is 115 cm³/mol. The summed E-state index contributed by atoms with van der Waals surface area (Å²) in [4.78, 5) is 17.4. The highest BCUT2D eigenvalue weighted by molar-refractivity contribution is 5.97. The van der Waals surface area contributed by atoms with Crippen LogP contribution in [0.4, 0.5) is 4.39 Å². The van der Waals surface area contributed by atoms with Crippen molar-refractivity contribution in [2.75, 3.05) is 19.8 Å². The third kappa shape index (κ3) is 5.69. The van der Waals surface area contributed by atoms with Crippen LogP contribution in [0.25, 0.3) is 11.5 Å². The van der Waals surface area contributed by atoms with Crippen LogP contribution in [0.5, 0.6) is 5.75 Å². The van der Waals surface area contributed by atoms with Gasteiger partial charge in [0.2, 0.25) is 5.89 Å². The van der Waals surface area contributed by atoms with Gasteiger partial charge in [-0.3, -0.25) is 4.79 Å². The molecule has 0 spiro atoms. The molecule has 1 aromatic heterocycles. The average molecular weight is 441 g/mol. The number of rotatable bonds is 10. The van der Waals surface area contributed by atoms with E-state index >= 15 is 0 Å². The molecule has 1 unspecified atom stereocenters. The lowest BCUT2D eigenvalue weighted by Crippen LogP contribution is -2.17. The first-order chi connectivity index (χ1) is 15.5. The fourth-order valence-corrected chi connectivity index (χ4v) is 2.83. The summed E-state index contributed by atoms with van der Waals surface area (Å²) in [5.41, 5.74) is 1.51. The Morgan fingerprint density at radius 3 is 2.56 bits per heavy atom. The lowest BCUT2D eigenvalue weighted by atomic mass is 10.0. The van der Waals surface area contributed by atoms with Gasteiger partial charge in [0.1, 0.15) is 24.8 Å². The van der Waals surface area contributed by atoms with Crippen molar-refractivity contribution < 1.29 is 27.9 Å². The number of halogens is 1. The van der Waals surface area contributed by atoms with E-state index in [-0.39, 0.29) is 35.9 Å². The van der Waals surface area contributed by atoms with E-state index in [0.29, 0.717) is 30.1 Å². The van der Waals surface area contributed by atoms with Gasteiger partial charge < -0.3 is 18.7 Å². The van der Waals surface area contributed by atoms with Crippen LogP contribution < -0.4 is 4.74 Å². The Morgan fingerprint density at radius 1 is 1.09 bits per heavy atom. The molecule has 0 bridgehead atoms. The molecule has 3 rings (SSSR count). The first kappa shape index (κ1) is 22.9. The summed E-state index contributed by atoms with van der Waals surface area (Å²) >= 11 is 0. The molecule has 0 amide bonds. The number of para-hydroxylation sites is 1. The predicted octanol–water partition coefficient (Wildman–Crippen LogP) is 4.36. The normalized spacial score (nSPS) is 12.3. The van der Waals surface area contributed by atoms with Crippen LogP contribution in [0.3, 0.4) is 0 Å². The molecular weight excluding hydrogens is 417 g/mol. The summed E-state index contributed by atoms with van der Waals surface area (Å²) in [6.45, 7) is 5.88. The molecule has 0 N–H and O–H groups in total. The van der Waals surface area contributed by atoms with Crippen molar-refractivity contribution >= 4 is 11.7 Å². The minimum Gasteiger partial charge on any atom is -0.487 e. The number of aromatic nitrogens is 2. The molecule has 32 heavy (non-hydrogen) atoms. The highest BCUT2D eigenvalue weighted by Crippen LogP contribution is 2.28. The second-order valence-corrected chi connectivity index (χ2v) is 6.68. The third-order valence-corrected chi connectivity index (χ3v) is 4.46. The van der Waals surface area contributed by atoms with Crippen LogP contribution >= 0.6 is 0 Å². The van der Waals surface area contributed by atoms with Gasteiger partial charge in [0.05, 0.1) is 12.5 Å². The summed E-state index contributed by atoms with van der Waals surface area (Å²) in [5.74, 6) is -0.402. The van der Waals surface area contributed by atoms with E-state index in [1.807, 2.05) is 6.07 Å². The molecule has 0 saturated carbocycles. The number of esters is 1. The molecular formula is C23H24FN3O5. The molecule has 1 heterocycles. The number of nitrogens with zero attached hydrogens (tertiary/aromatic N) is 3. The quantitative estimate of drug-likeness (QED) is 0.262. The number of carbonyl (C=O) groups excluding carboxylic acids is 1. The third-order valence-electron chi connectivity index (χ3n) is 4.46. The maximum atomic E-state index is 13.2. The van der Waals surface area contributed by atoms with E-state index in [1.165, 1.54) is 24.3 Å². The van der Waals surface area contributed by atoms with Crippen LogP contribution in [0.1, 0.15) is 38.1 Å². The van der Waals surface area contributed by atoms with Crippen molar-refractivity contribution in [1.29, 1.82) is 0 Å². The van der Waals surface area contributed by atoms with E-state index in [4.69, 9.17) is 18.7 Å². The highest BCUT2D eigenvalue weighted by Gasteiger charge is 2.22. The molecule has 2 aromatic carbocycles. The maximum Gasteiger partial charge on any atom is 0.313 e. The molecule has 0 saturated heterocycles. The van der Waals surface area contributed by atoms with E-state index in [9.17, 15) is 9.18 Å². The summed E-state index contributed by atoms with van der Waals surface area (Å²) in [6.07, 6.45) is 0. The van der Waals surface area contributed by atoms with Crippen molar-refractivity contribution in [3.8, 4) is 17.2 Å². The molecule has 1 atom stereocenters. The molecule has 8 nitrogen and oxygen atoms in total. The first-order valence-corrected chi connectivity index (χ1v) is 10.2. The Bertz CT molecular complexity index is 1070. The number of oxime groups is 1. The highest BCUT2D eigenvalue weighted by atomic mass is 19.1. The van der Waals surface area contributed by atoms with Gasteiger partial charge in [-0.1, -0.05) is 23.4 Å². The number of hydrogen-bond acceptors (Lipinski definition) is 8. The maximum absolute atomic E-state index is 13.2. The van der Waals surface area contributed by atoms with Crippen molar-refractivity contribution in [2.45, 2.75) is 26.7 Å². The van der Waals surface area contributed by atoms with Crippen molar-refractivity contribution in [1.82, 2.24) is 10.2 Å². The van der Waals surface area contributed by atoms with Gasteiger partial charge in [0.25, 0.3) is 5.89 Å². The van der Waals surface area contributed by atoms with Gasteiger partial charge in [-0.15, -0.1) is 10.2 Å². The molecule has 9 heteroatoms. The monoisotopic (exact) mass is 441 g/mol. The molecule has 0 fully saturated rings. The molecule has 0 radical (unpaired) electrons. The van der Waals surface area contributed by atoms with Crippen molar-refractivity contribution in [3.05, 3.63) is 65.8 Å². The zero-order chi connectivity index (χ0) is 22.9. The van der Waals surface area contributed by atoms with Gasteiger partial charge in [-0.05, 0) is 51.1 Å². The van der Waals surface area contributed by atoms with Gasteiger partial charge >= 0.3 is 5.97 Å². The molecule has 0 aliphatic heterocycles. The molecule has 168 valence electrons. The van der Waals surface area contributed by atoms with E-state index in [2.05, 4.69) is 15.4 Å². The standard InChI is InChI=1S/C23H24FN3O5/c1-4-29-23(28)15(3)18-8-6-7-9-20(18)30-14-19(27-31-5-2)22-26-25-21(32-22)16-10-12-17(24)13-11-16/h6-13,15H,4-5,14H2,1-3H3. The van der Waals surface area contributed by atoms with Crippen molar-refractivity contribution in [2.24, 2.45) is 5.16 Å². The van der Waals surface area contributed by atoms with E-state index in [0.717, 1.165) is 0 Å². The summed E-state index contributed by atoms with van der Waals surface area (Å²) in [5, 5.41) is 12.0. The molecule has 0 aliphatic carbocycles. The van der Waals surface area contributed by atoms with E-state index in [1.54, 1.807) is 39.0 Å².